The molecular formula is C20H27N5O2. The Labute approximate surface area is 159 Å². The summed E-state index contributed by atoms with van der Waals surface area (Å²) in [6.45, 7) is 5.72. The molecule has 2 aromatic rings. The fraction of sp³-hybridized carbons (Fsp3) is 0.500. The van der Waals surface area contributed by atoms with Crippen LogP contribution >= 0.6 is 0 Å². The van der Waals surface area contributed by atoms with Crippen molar-refractivity contribution in [3.63, 3.8) is 0 Å². The Morgan fingerprint density at radius 1 is 1.15 bits per heavy atom. The number of nitrogens with zero attached hydrogens (tertiary/aromatic N) is 4. The predicted octanol–water partition coefficient (Wildman–Crippen LogP) is 0.775. The Hall–Kier alpha value is -2.22. The number of hydrogen-bond acceptors (Lipinski definition) is 6. The van der Waals surface area contributed by atoms with Crippen molar-refractivity contribution in [3.8, 4) is 0 Å². The summed E-state index contributed by atoms with van der Waals surface area (Å²) in [6.07, 6.45) is 0.902. The molecule has 27 heavy (non-hydrogen) atoms. The molecule has 0 bridgehead atoms. The van der Waals surface area contributed by atoms with Crippen molar-refractivity contribution < 1.29 is 9.90 Å². The number of carbonyl (C=O) groups excluding carboxylic acids is 1. The summed E-state index contributed by atoms with van der Waals surface area (Å²) in [6, 6.07) is 8.00. The molecule has 0 spiro atoms. The van der Waals surface area contributed by atoms with E-state index >= 15 is 0 Å². The Kier molecular flexibility index (Phi) is 5.24. The minimum Gasteiger partial charge on any atom is -0.395 e. The third-order valence-corrected chi connectivity index (χ3v) is 5.54. The zero-order valence-electron chi connectivity index (χ0n) is 15.8. The molecule has 1 amide bonds. The van der Waals surface area contributed by atoms with Crippen LogP contribution in [0.2, 0.25) is 0 Å². The lowest BCUT2D eigenvalue weighted by Crippen LogP contribution is -2.49. The average molecular weight is 369 g/mol. The average Bonchev–Trinajstić information content (AvgIpc) is 3.04. The molecule has 0 atom stereocenters. The fourth-order valence-corrected chi connectivity index (χ4v) is 4.01. The standard InChI is InChI=1S/C20H27N5O2/c1-23-7-6-16-19(15-4-2-3-5-17(15)21-20(16)23)22-18(27)14-25-10-8-24(9-11-25)12-13-26/h2-5,26H,6-14H2,1H3,(H,21,22,27). The van der Waals surface area contributed by atoms with Crippen LogP contribution in [0.1, 0.15) is 5.56 Å². The molecule has 2 aliphatic rings. The second kappa shape index (κ2) is 7.80. The number of fused-ring (bicyclic) bond motifs is 2. The topological polar surface area (TPSA) is 71.9 Å². The molecule has 2 aliphatic heterocycles. The van der Waals surface area contributed by atoms with E-state index in [2.05, 4.69) is 20.0 Å². The highest BCUT2D eigenvalue weighted by Crippen LogP contribution is 2.36. The number of carbonyl (C=O) groups is 1. The zero-order valence-corrected chi connectivity index (χ0v) is 15.8. The first kappa shape index (κ1) is 18.2. The SMILES string of the molecule is CN1CCc2c1nc1ccccc1c2NC(=O)CN1CCN(CCO)CC1. The number of benzene rings is 1. The first-order valence-corrected chi connectivity index (χ1v) is 9.64. The van der Waals surface area contributed by atoms with Gasteiger partial charge >= 0.3 is 0 Å². The Morgan fingerprint density at radius 2 is 1.89 bits per heavy atom. The Bertz CT molecular complexity index is 832. The van der Waals surface area contributed by atoms with Crippen LogP contribution in [0.4, 0.5) is 11.5 Å². The number of hydrogen-bond donors (Lipinski definition) is 2. The molecule has 1 saturated heterocycles. The molecule has 7 nitrogen and oxygen atoms in total. The normalized spacial score (nSPS) is 18.1. The Balaban J connectivity index is 1.50. The van der Waals surface area contributed by atoms with Gasteiger partial charge < -0.3 is 15.3 Å². The van der Waals surface area contributed by atoms with Gasteiger partial charge in [0.05, 0.1) is 24.4 Å². The second-order valence-electron chi connectivity index (χ2n) is 7.37. The molecule has 2 N–H and O–H groups in total. The minimum absolute atomic E-state index is 0.0266. The third-order valence-electron chi connectivity index (χ3n) is 5.54. The number of piperazine rings is 1. The van der Waals surface area contributed by atoms with Crippen LogP contribution < -0.4 is 10.2 Å². The van der Waals surface area contributed by atoms with Gasteiger partial charge in [0.2, 0.25) is 5.91 Å². The van der Waals surface area contributed by atoms with Crippen LogP contribution in [-0.2, 0) is 11.2 Å². The minimum atomic E-state index is 0.0266. The van der Waals surface area contributed by atoms with E-state index in [4.69, 9.17) is 10.1 Å². The van der Waals surface area contributed by atoms with Gasteiger partial charge in [0.25, 0.3) is 0 Å². The lowest BCUT2D eigenvalue weighted by Gasteiger charge is -2.33. The molecule has 1 fully saturated rings. The number of aromatic nitrogens is 1. The van der Waals surface area contributed by atoms with E-state index in [9.17, 15) is 4.79 Å². The van der Waals surface area contributed by atoms with E-state index in [1.54, 1.807) is 0 Å². The zero-order chi connectivity index (χ0) is 18.8. The monoisotopic (exact) mass is 369 g/mol. The maximum Gasteiger partial charge on any atom is 0.238 e. The summed E-state index contributed by atoms with van der Waals surface area (Å²) in [4.78, 5) is 24.1. The highest BCUT2D eigenvalue weighted by molar-refractivity contribution is 6.04. The molecule has 0 radical (unpaired) electrons. The maximum atomic E-state index is 12.8. The summed E-state index contributed by atoms with van der Waals surface area (Å²) < 4.78 is 0. The van der Waals surface area contributed by atoms with E-state index in [1.165, 1.54) is 0 Å². The number of aliphatic hydroxyl groups is 1. The smallest absolute Gasteiger partial charge is 0.238 e. The van der Waals surface area contributed by atoms with Crippen molar-refractivity contribution >= 4 is 28.3 Å². The lowest BCUT2D eigenvalue weighted by molar-refractivity contribution is -0.117. The van der Waals surface area contributed by atoms with Crippen LogP contribution in [0.25, 0.3) is 10.9 Å². The molecule has 0 saturated carbocycles. The van der Waals surface area contributed by atoms with Gasteiger partial charge in [0, 0.05) is 57.3 Å². The van der Waals surface area contributed by atoms with E-state index in [0.29, 0.717) is 13.1 Å². The first-order chi connectivity index (χ1) is 13.2. The van der Waals surface area contributed by atoms with Gasteiger partial charge in [-0.15, -0.1) is 0 Å². The van der Waals surface area contributed by atoms with Crippen LogP contribution in [0, 0.1) is 0 Å². The number of para-hydroxylation sites is 1. The molecule has 7 heteroatoms. The number of pyridine rings is 1. The van der Waals surface area contributed by atoms with Crippen molar-refractivity contribution in [3.05, 3.63) is 29.8 Å². The number of nitrogens with one attached hydrogen (secondary N) is 1. The van der Waals surface area contributed by atoms with Gasteiger partial charge in [-0.3, -0.25) is 14.6 Å². The van der Waals surface area contributed by atoms with Crippen molar-refractivity contribution in [1.29, 1.82) is 0 Å². The van der Waals surface area contributed by atoms with Crippen molar-refractivity contribution in [2.24, 2.45) is 0 Å². The number of amides is 1. The van der Waals surface area contributed by atoms with E-state index in [-0.39, 0.29) is 12.5 Å². The van der Waals surface area contributed by atoms with Gasteiger partial charge in [-0.05, 0) is 12.5 Å². The molecule has 3 heterocycles. The largest absolute Gasteiger partial charge is 0.395 e. The van der Waals surface area contributed by atoms with Gasteiger partial charge in [-0.25, -0.2) is 4.98 Å². The molecule has 144 valence electrons. The van der Waals surface area contributed by atoms with Crippen LogP contribution in [0.3, 0.4) is 0 Å². The van der Waals surface area contributed by atoms with Gasteiger partial charge in [0.15, 0.2) is 0 Å². The summed E-state index contributed by atoms with van der Waals surface area (Å²) >= 11 is 0. The summed E-state index contributed by atoms with van der Waals surface area (Å²) in [5.41, 5.74) is 2.97. The highest BCUT2D eigenvalue weighted by atomic mass is 16.3. The lowest BCUT2D eigenvalue weighted by atomic mass is 10.1. The molecule has 0 aliphatic carbocycles. The molecule has 4 rings (SSSR count). The third kappa shape index (κ3) is 3.76. The molecule has 1 aromatic heterocycles. The number of rotatable bonds is 5. The van der Waals surface area contributed by atoms with E-state index in [0.717, 1.165) is 67.1 Å². The molecular weight excluding hydrogens is 342 g/mol. The van der Waals surface area contributed by atoms with Crippen molar-refractivity contribution in [2.75, 3.05) is 69.7 Å². The van der Waals surface area contributed by atoms with Crippen LogP contribution in [0.5, 0.6) is 0 Å². The maximum absolute atomic E-state index is 12.8. The molecule has 1 aromatic carbocycles. The van der Waals surface area contributed by atoms with E-state index < -0.39 is 0 Å². The predicted molar refractivity (Wildman–Crippen MR) is 107 cm³/mol. The van der Waals surface area contributed by atoms with Crippen molar-refractivity contribution in [2.45, 2.75) is 6.42 Å². The number of aliphatic hydroxyl groups excluding tert-OH is 1. The van der Waals surface area contributed by atoms with Crippen LogP contribution in [-0.4, -0.2) is 85.3 Å². The quantitative estimate of drug-likeness (QED) is 0.811. The Morgan fingerprint density at radius 3 is 2.67 bits per heavy atom. The molecule has 0 unspecified atom stereocenters. The second-order valence-corrected chi connectivity index (χ2v) is 7.37. The first-order valence-electron chi connectivity index (χ1n) is 9.64. The van der Waals surface area contributed by atoms with Crippen LogP contribution in [0.15, 0.2) is 24.3 Å². The number of likely N-dealkylation sites (N-methyl/N-ethyl adjacent to an activating group) is 1. The summed E-state index contributed by atoms with van der Waals surface area (Å²) in [5.74, 6) is 1.00. The summed E-state index contributed by atoms with van der Waals surface area (Å²) in [5, 5.41) is 13.2. The van der Waals surface area contributed by atoms with E-state index in [1.807, 2.05) is 31.3 Å². The van der Waals surface area contributed by atoms with Gasteiger partial charge in [0.1, 0.15) is 5.82 Å². The van der Waals surface area contributed by atoms with Gasteiger partial charge in [-0.1, -0.05) is 18.2 Å². The number of β-amino-alcohol motifs (C(OH)–C–C–N with tert-alkyl or cyclic N) is 1. The number of anilines is 2. The fourth-order valence-electron chi connectivity index (χ4n) is 4.01. The summed E-state index contributed by atoms with van der Waals surface area (Å²) in [7, 11) is 2.05. The highest BCUT2D eigenvalue weighted by Gasteiger charge is 2.25. The van der Waals surface area contributed by atoms with Crippen molar-refractivity contribution in [1.82, 2.24) is 14.8 Å². The van der Waals surface area contributed by atoms with Gasteiger partial charge in [-0.2, -0.15) is 0 Å².